The molecule has 0 saturated carbocycles. The van der Waals surface area contributed by atoms with Gasteiger partial charge in [-0.3, -0.25) is 4.79 Å². The van der Waals surface area contributed by atoms with Crippen LogP contribution in [0.5, 0.6) is 0 Å². The molecule has 2 N–H and O–H groups in total. The number of halogens is 4. The maximum atomic E-state index is 12.8. The van der Waals surface area contributed by atoms with E-state index in [-0.39, 0.29) is 22.8 Å². The van der Waals surface area contributed by atoms with E-state index in [4.69, 9.17) is 17.3 Å². The zero-order valence-corrected chi connectivity index (χ0v) is 12.4. The summed E-state index contributed by atoms with van der Waals surface area (Å²) >= 11 is 5.55. The molecule has 0 bridgehead atoms. The summed E-state index contributed by atoms with van der Waals surface area (Å²) in [7, 11) is 0. The van der Waals surface area contributed by atoms with Gasteiger partial charge in [-0.1, -0.05) is 29.8 Å². The van der Waals surface area contributed by atoms with Crippen molar-refractivity contribution in [1.82, 2.24) is 0 Å². The first-order valence-corrected chi connectivity index (χ1v) is 6.81. The van der Waals surface area contributed by atoms with Crippen LogP contribution in [0.3, 0.4) is 0 Å². The summed E-state index contributed by atoms with van der Waals surface area (Å²) in [4.78, 5) is 12.2. The highest BCUT2D eigenvalue weighted by Crippen LogP contribution is 2.35. The second-order valence-electron chi connectivity index (χ2n) is 4.98. The molecule has 0 aliphatic rings. The molecule has 0 heterocycles. The van der Waals surface area contributed by atoms with Crippen LogP contribution in [0.25, 0.3) is 0 Å². The lowest BCUT2D eigenvalue weighted by molar-refractivity contribution is -0.137. The SMILES string of the molecule is Cc1ccc(C(=O)Cc2ccc(Cl)c(C(F)(F)F)c2)cc1N. The first-order chi connectivity index (χ1) is 10.2. The van der Waals surface area contributed by atoms with E-state index < -0.39 is 11.7 Å². The number of rotatable bonds is 3. The van der Waals surface area contributed by atoms with Crippen molar-refractivity contribution in [2.75, 3.05) is 5.73 Å². The number of nitrogens with two attached hydrogens (primary N) is 1. The van der Waals surface area contributed by atoms with Crippen molar-refractivity contribution in [1.29, 1.82) is 0 Å². The predicted molar refractivity (Wildman–Crippen MR) is 80.1 cm³/mol. The van der Waals surface area contributed by atoms with Crippen LogP contribution in [0.2, 0.25) is 5.02 Å². The Morgan fingerprint density at radius 1 is 1.18 bits per heavy atom. The van der Waals surface area contributed by atoms with Crippen LogP contribution >= 0.6 is 11.6 Å². The Labute approximate surface area is 130 Å². The number of benzene rings is 2. The Balaban J connectivity index is 2.27. The molecule has 0 aromatic heterocycles. The summed E-state index contributed by atoms with van der Waals surface area (Å²) in [5.74, 6) is -0.304. The Bertz CT molecular complexity index is 726. The van der Waals surface area contributed by atoms with Gasteiger partial charge in [-0.25, -0.2) is 0 Å². The van der Waals surface area contributed by atoms with Crippen molar-refractivity contribution in [2.45, 2.75) is 19.5 Å². The monoisotopic (exact) mass is 327 g/mol. The highest BCUT2D eigenvalue weighted by molar-refractivity contribution is 6.31. The minimum atomic E-state index is -4.55. The first kappa shape index (κ1) is 16.4. The second-order valence-corrected chi connectivity index (χ2v) is 5.39. The molecular weight excluding hydrogens is 315 g/mol. The van der Waals surface area contributed by atoms with Crippen molar-refractivity contribution < 1.29 is 18.0 Å². The molecule has 22 heavy (non-hydrogen) atoms. The molecule has 2 nitrogen and oxygen atoms in total. The summed E-state index contributed by atoms with van der Waals surface area (Å²) in [6, 6.07) is 8.29. The minimum Gasteiger partial charge on any atom is -0.398 e. The van der Waals surface area contributed by atoms with Gasteiger partial charge in [0.15, 0.2) is 5.78 Å². The molecule has 116 valence electrons. The number of Topliss-reactive ketones (excluding diaryl/α,β-unsaturated/α-hetero) is 1. The van der Waals surface area contributed by atoms with Crippen molar-refractivity contribution in [3.63, 3.8) is 0 Å². The van der Waals surface area contributed by atoms with Crippen LogP contribution in [0.15, 0.2) is 36.4 Å². The van der Waals surface area contributed by atoms with Gasteiger partial charge >= 0.3 is 6.18 Å². The van der Waals surface area contributed by atoms with Crippen LogP contribution in [-0.4, -0.2) is 5.78 Å². The zero-order chi connectivity index (χ0) is 16.5. The van der Waals surface area contributed by atoms with E-state index in [1.54, 1.807) is 19.1 Å². The number of ketones is 1. The predicted octanol–water partition coefficient (Wildman–Crippen LogP) is 4.67. The zero-order valence-electron chi connectivity index (χ0n) is 11.7. The maximum Gasteiger partial charge on any atom is 0.417 e. The van der Waals surface area contributed by atoms with Gasteiger partial charge in [0, 0.05) is 17.7 Å². The molecule has 2 rings (SSSR count). The van der Waals surface area contributed by atoms with Gasteiger partial charge in [-0.05, 0) is 36.2 Å². The fourth-order valence-electron chi connectivity index (χ4n) is 2.00. The fraction of sp³-hybridized carbons (Fsp3) is 0.188. The number of hydrogen-bond donors (Lipinski definition) is 1. The lowest BCUT2D eigenvalue weighted by Gasteiger charge is -2.11. The summed E-state index contributed by atoms with van der Waals surface area (Å²) in [6.07, 6.45) is -4.70. The quantitative estimate of drug-likeness (QED) is 0.657. The number of anilines is 1. The molecular formula is C16H13ClF3NO. The second kappa shape index (κ2) is 6.01. The molecule has 0 radical (unpaired) electrons. The fourth-order valence-corrected chi connectivity index (χ4v) is 2.23. The number of alkyl halides is 3. The Kier molecular flexibility index (Phi) is 4.47. The van der Waals surface area contributed by atoms with E-state index >= 15 is 0 Å². The van der Waals surface area contributed by atoms with Crippen LogP contribution in [0.4, 0.5) is 18.9 Å². The number of aryl methyl sites for hydroxylation is 1. The Morgan fingerprint density at radius 2 is 1.86 bits per heavy atom. The number of nitrogen functional groups attached to an aromatic ring is 1. The first-order valence-electron chi connectivity index (χ1n) is 6.43. The number of carbonyl (C=O) groups is 1. The van der Waals surface area contributed by atoms with Crippen molar-refractivity contribution in [2.24, 2.45) is 0 Å². The van der Waals surface area contributed by atoms with Gasteiger partial charge in [0.25, 0.3) is 0 Å². The summed E-state index contributed by atoms with van der Waals surface area (Å²) in [5.41, 5.74) is 6.72. The largest absolute Gasteiger partial charge is 0.417 e. The maximum absolute atomic E-state index is 12.8. The molecule has 0 atom stereocenters. The lowest BCUT2D eigenvalue weighted by Crippen LogP contribution is -2.09. The van der Waals surface area contributed by atoms with Crippen LogP contribution < -0.4 is 5.73 Å². The summed E-state index contributed by atoms with van der Waals surface area (Å²) in [6.45, 7) is 1.80. The van der Waals surface area contributed by atoms with E-state index in [9.17, 15) is 18.0 Å². The average molecular weight is 328 g/mol. The van der Waals surface area contributed by atoms with E-state index in [2.05, 4.69) is 0 Å². The van der Waals surface area contributed by atoms with Gasteiger partial charge in [0.2, 0.25) is 0 Å². The van der Waals surface area contributed by atoms with Crippen molar-refractivity contribution in [3.8, 4) is 0 Å². The number of hydrogen-bond acceptors (Lipinski definition) is 2. The normalized spacial score (nSPS) is 11.5. The Hall–Kier alpha value is -2.01. The lowest BCUT2D eigenvalue weighted by atomic mass is 10.00. The van der Waals surface area contributed by atoms with Crippen molar-refractivity contribution in [3.05, 3.63) is 63.7 Å². The molecule has 2 aromatic rings. The number of carbonyl (C=O) groups excluding carboxylic acids is 1. The van der Waals surface area contributed by atoms with Gasteiger partial charge in [-0.15, -0.1) is 0 Å². The molecule has 0 amide bonds. The van der Waals surface area contributed by atoms with Crippen LogP contribution in [0.1, 0.15) is 27.0 Å². The highest BCUT2D eigenvalue weighted by Gasteiger charge is 2.33. The van der Waals surface area contributed by atoms with E-state index in [0.717, 1.165) is 17.7 Å². The molecule has 2 aromatic carbocycles. The average Bonchev–Trinajstić information content (AvgIpc) is 2.42. The van der Waals surface area contributed by atoms with Crippen LogP contribution in [0, 0.1) is 6.92 Å². The summed E-state index contributed by atoms with van der Waals surface area (Å²) in [5, 5.41) is -0.386. The molecule has 0 spiro atoms. The smallest absolute Gasteiger partial charge is 0.398 e. The molecule has 0 unspecified atom stereocenters. The highest BCUT2D eigenvalue weighted by atomic mass is 35.5. The third-order valence-corrected chi connectivity index (χ3v) is 3.63. The van der Waals surface area contributed by atoms with Gasteiger partial charge in [0.1, 0.15) is 0 Å². The molecule has 0 aliphatic carbocycles. The van der Waals surface area contributed by atoms with E-state index in [1.165, 1.54) is 12.1 Å². The van der Waals surface area contributed by atoms with Crippen molar-refractivity contribution >= 4 is 23.1 Å². The minimum absolute atomic E-state index is 0.150. The summed E-state index contributed by atoms with van der Waals surface area (Å²) < 4.78 is 38.4. The standard InChI is InChI=1S/C16H13ClF3NO/c1-9-2-4-11(8-14(9)21)15(22)7-10-3-5-13(17)12(6-10)16(18,19)20/h2-6,8H,7,21H2,1H3. The van der Waals surface area contributed by atoms with Gasteiger partial charge in [0.05, 0.1) is 10.6 Å². The van der Waals surface area contributed by atoms with Gasteiger partial charge in [-0.2, -0.15) is 13.2 Å². The van der Waals surface area contributed by atoms with E-state index in [1.807, 2.05) is 0 Å². The molecule has 0 aliphatic heterocycles. The third-order valence-electron chi connectivity index (χ3n) is 3.30. The third kappa shape index (κ3) is 3.60. The topological polar surface area (TPSA) is 43.1 Å². The van der Waals surface area contributed by atoms with Gasteiger partial charge < -0.3 is 5.73 Å². The molecule has 0 saturated heterocycles. The molecule has 0 fully saturated rings. The van der Waals surface area contributed by atoms with Crippen LogP contribution in [-0.2, 0) is 12.6 Å². The Morgan fingerprint density at radius 3 is 2.45 bits per heavy atom. The molecule has 6 heteroatoms. The van der Waals surface area contributed by atoms with E-state index in [0.29, 0.717) is 11.3 Å².